The standard InChI is InChI=1S/C18H18FNO3S/c1-13(18(22)20-11-14-7-9-15(19)10-8-14)23-17(21)12-24-16-5-3-2-4-6-16/h2-10,13H,11-12H2,1H3,(H,20,22)/t13-/m0/s1. The Morgan fingerprint density at radius 3 is 2.46 bits per heavy atom. The van der Waals surface area contributed by atoms with Crippen molar-refractivity contribution in [2.45, 2.75) is 24.5 Å². The Hall–Kier alpha value is -2.34. The second-order valence-corrected chi connectivity index (χ2v) is 6.13. The summed E-state index contributed by atoms with van der Waals surface area (Å²) in [6.45, 7) is 1.77. The zero-order valence-electron chi connectivity index (χ0n) is 13.2. The molecule has 0 fully saturated rings. The maximum atomic E-state index is 12.8. The molecule has 0 aromatic heterocycles. The maximum Gasteiger partial charge on any atom is 0.317 e. The predicted octanol–water partition coefficient (Wildman–Crippen LogP) is 3.17. The minimum absolute atomic E-state index is 0.138. The van der Waals surface area contributed by atoms with Crippen LogP contribution in [0.2, 0.25) is 0 Å². The van der Waals surface area contributed by atoms with Gasteiger partial charge in [-0.05, 0) is 36.8 Å². The third-order valence-electron chi connectivity index (χ3n) is 3.16. The zero-order chi connectivity index (χ0) is 17.4. The fourth-order valence-electron chi connectivity index (χ4n) is 1.88. The Balaban J connectivity index is 1.72. The first-order valence-corrected chi connectivity index (χ1v) is 8.42. The molecule has 0 saturated heterocycles. The fraction of sp³-hybridized carbons (Fsp3) is 0.222. The van der Waals surface area contributed by atoms with Crippen molar-refractivity contribution in [1.29, 1.82) is 0 Å². The molecule has 2 aromatic carbocycles. The van der Waals surface area contributed by atoms with E-state index in [1.807, 2.05) is 30.3 Å². The number of benzene rings is 2. The lowest BCUT2D eigenvalue weighted by Gasteiger charge is -2.13. The molecule has 2 aromatic rings. The van der Waals surface area contributed by atoms with Gasteiger partial charge in [0.2, 0.25) is 0 Å². The Morgan fingerprint density at radius 2 is 1.79 bits per heavy atom. The van der Waals surface area contributed by atoms with Gasteiger partial charge in [0.05, 0.1) is 5.75 Å². The van der Waals surface area contributed by atoms with Gasteiger partial charge in [-0.1, -0.05) is 30.3 Å². The van der Waals surface area contributed by atoms with Crippen LogP contribution in [-0.4, -0.2) is 23.7 Å². The number of carbonyl (C=O) groups is 2. The molecule has 2 rings (SSSR count). The molecule has 0 saturated carbocycles. The van der Waals surface area contributed by atoms with E-state index in [4.69, 9.17) is 4.74 Å². The zero-order valence-corrected chi connectivity index (χ0v) is 14.0. The molecule has 24 heavy (non-hydrogen) atoms. The van der Waals surface area contributed by atoms with Gasteiger partial charge in [0, 0.05) is 11.4 Å². The van der Waals surface area contributed by atoms with Gasteiger partial charge in [-0.15, -0.1) is 11.8 Å². The van der Waals surface area contributed by atoms with E-state index in [2.05, 4.69) is 5.32 Å². The summed E-state index contributed by atoms with van der Waals surface area (Å²) < 4.78 is 17.9. The molecule has 0 bridgehead atoms. The minimum atomic E-state index is -0.880. The molecule has 0 aliphatic heterocycles. The van der Waals surface area contributed by atoms with Crippen LogP contribution in [-0.2, 0) is 20.9 Å². The summed E-state index contributed by atoms with van der Waals surface area (Å²) in [6, 6.07) is 15.3. The summed E-state index contributed by atoms with van der Waals surface area (Å²) in [6.07, 6.45) is -0.880. The van der Waals surface area contributed by atoms with E-state index >= 15 is 0 Å². The minimum Gasteiger partial charge on any atom is -0.452 e. The van der Waals surface area contributed by atoms with Crippen LogP contribution in [0, 0.1) is 5.82 Å². The molecule has 1 atom stereocenters. The van der Waals surface area contributed by atoms with E-state index in [0.717, 1.165) is 10.5 Å². The van der Waals surface area contributed by atoms with E-state index in [1.165, 1.54) is 30.8 Å². The van der Waals surface area contributed by atoms with Crippen LogP contribution in [0.25, 0.3) is 0 Å². The molecule has 126 valence electrons. The van der Waals surface area contributed by atoms with Gasteiger partial charge in [-0.3, -0.25) is 9.59 Å². The van der Waals surface area contributed by atoms with Gasteiger partial charge in [0.1, 0.15) is 5.82 Å². The highest BCUT2D eigenvalue weighted by atomic mass is 32.2. The number of ether oxygens (including phenoxy) is 1. The number of halogens is 1. The Bertz CT molecular complexity index is 676. The largest absolute Gasteiger partial charge is 0.452 e. The van der Waals surface area contributed by atoms with Crippen LogP contribution in [0.15, 0.2) is 59.5 Å². The highest BCUT2D eigenvalue weighted by Gasteiger charge is 2.17. The van der Waals surface area contributed by atoms with Crippen molar-refractivity contribution >= 4 is 23.6 Å². The molecule has 0 aliphatic carbocycles. The Morgan fingerprint density at radius 1 is 1.12 bits per heavy atom. The van der Waals surface area contributed by atoms with Gasteiger partial charge in [0.25, 0.3) is 5.91 Å². The van der Waals surface area contributed by atoms with Crippen LogP contribution in [0.5, 0.6) is 0 Å². The Kier molecular flexibility index (Phi) is 6.81. The van der Waals surface area contributed by atoms with Gasteiger partial charge >= 0.3 is 5.97 Å². The number of nitrogens with one attached hydrogen (secondary N) is 1. The number of amides is 1. The van der Waals surface area contributed by atoms with E-state index in [0.29, 0.717) is 0 Å². The van der Waals surface area contributed by atoms with E-state index in [-0.39, 0.29) is 18.1 Å². The topological polar surface area (TPSA) is 55.4 Å². The SMILES string of the molecule is C[C@H](OC(=O)CSc1ccccc1)C(=O)NCc1ccc(F)cc1. The van der Waals surface area contributed by atoms with Crippen LogP contribution < -0.4 is 5.32 Å². The van der Waals surface area contributed by atoms with Crippen molar-refractivity contribution < 1.29 is 18.7 Å². The van der Waals surface area contributed by atoms with E-state index in [9.17, 15) is 14.0 Å². The number of hydrogen-bond donors (Lipinski definition) is 1. The molecule has 1 N–H and O–H groups in total. The van der Waals surface area contributed by atoms with Crippen molar-refractivity contribution in [3.05, 3.63) is 66.0 Å². The lowest BCUT2D eigenvalue weighted by Crippen LogP contribution is -2.35. The summed E-state index contributed by atoms with van der Waals surface area (Å²) in [5, 5.41) is 2.65. The van der Waals surface area contributed by atoms with Crippen LogP contribution in [0.1, 0.15) is 12.5 Å². The van der Waals surface area contributed by atoms with Crippen molar-refractivity contribution in [1.82, 2.24) is 5.32 Å². The smallest absolute Gasteiger partial charge is 0.317 e. The van der Waals surface area contributed by atoms with E-state index in [1.54, 1.807) is 12.1 Å². The lowest BCUT2D eigenvalue weighted by molar-refractivity contribution is -0.152. The van der Waals surface area contributed by atoms with Crippen LogP contribution >= 0.6 is 11.8 Å². The number of rotatable bonds is 7. The number of hydrogen-bond acceptors (Lipinski definition) is 4. The monoisotopic (exact) mass is 347 g/mol. The normalized spacial score (nSPS) is 11.6. The average molecular weight is 347 g/mol. The highest BCUT2D eigenvalue weighted by Crippen LogP contribution is 2.17. The van der Waals surface area contributed by atoms with E-state index < -0.39 is 18.0 Å². The third-order valence-corrected chi connectivity index (χ3v) is 4.14. The third kappa shape index (κ3) is 6.04. The highest BCUT2D eigenvalue weighted by molar-refractivity contribution is 8.00. The van der Waals surface area contributed by atoms with Crippen LogP contribution in [0.4, 0.5) is 4.39 Å². The summed E-state index contributed by atoms with van der Waals surface area (Å²) >= 11 is 1.35. The van der Waals surface area contributed by atoms with Gasteiger partial charge in [0.15, 0.2) is 6.10 Å². The lowest BCUT2D eigenvalue weighted by atomic mass is 10.2. The molecule has 0 radical (unpaired) electrons. The van der Waals surface area contributed by atoms with Crippen LogP contribution in [0.3, 0.4) is 0 Å². The summed E-state index contributed by atoms with van der Waals surface area (Å²) in [4.78, 5) is 24.7. The van der Waals surface area contributed by atoms with Gasteiger partial charge < -0.3 is 10.1 Å². The summed E-state index contributed by atoms with van der Waals surface area (Å²) in [5.41, 5.74) is 0.767. The molecule has 0 spiro atoms. The first-order chi connectivity index (χ1) is 11.5. The fourth-order valence-corrected chi connectivity index (χ4v) is 2.58. The van der Waals surface area contributed by atoms with Crippen molar-refractivity contribution in [2.24, 2.45) is 0 Å². The Labute approximate surface area is 144 Å². The average Bonchev–Trinajstić information content (AvgIpc) is 2.60. The molecule has 0 unspecified atom stereocenters. The van der Waals surface area contributed by atoms with Gasteiger partial charge in [-0.2, -0.15) is 0 Å². The molecule has 6 heteroatoms. The number of carbonyl (C=O) groups excluding carboxylic acids is 2. The summed E-state index contributed by atoms with van der Waals surface area (Å²) in [7, 11) is 0. The molecular formula is C18H18FNO3S. The molecular weight excluding hydrogens is 329 g/mol. The van der Waals surface area contributed by atoms with Crippen molar-refractivity contribution in [3.8, 4) is 0 Å². The van der Waals surface area contributed by atoms with Crippen molar-refractivity contribution in [3.63, 3.8) is 0 Å². The maximum absolute atomic E-state index is 12.8. The quantitative estimate of drug-likeness (QED) is 0.617. The molecule has 4 nitrogen and oxygen atoms in total. The second-order valence-electron chi connectivity index (χ2n) is 5.08. The second kappa shape index (κ2) is 9.08. The first-order valence-electron chi connectivity index (χ1n) is 7.44. The van der Waals surface area contributed by atoms with Crippen molar-refractivity contribution in [2.75, 3.05) is 5.75 Å². The van der Waals surface area contributed by atoms with Gasteiger partial charge in [-0.25, -0.2) is 4.39 Å². The number of esters is 1. The molecule has 1 amide bonds. The summed E-state index contributed by atoms with van der Waals surface area (Å²) in [5.74, 6) is -1.03. The number of thioether (sulfide) groups is 1. The molecule has 0 heterocycles. The predicted molar refractivity (Wildman–Crippen MR) is 91.0 cm³/mol. The first kappa shape index (κ1) is 18.0. The molecule has 0 aliphatic rings.